The molecule has 0 aliphatic heterocycles. The van der Waals surface area contributed by atoms with Crippen LogP contribution in [0.25, 0.3) is 10.9 Å². The summed E-state index contributed by atoms with van der Waals surface area (Å²) in [6.07, 6.45) is 0. The Hall–Kier alpha value is -2.11. The normalized spacial score (nSPS) is 10.8. The van der Waals surface area contributed by atoms with Gasteiger partial charge in [-0.3, -0.25) is 4.79 Å². The Morgan fingerprint density at radius 3 is 2.54 bits per heavy atom. The van der Waals surface area contributed by atoms with Crippen LogP contribution in [0.15, 0.2) is 46.9 Å². The van der Waals surface area contributed by atoms with E-state index in [0.29, 0.717) is 27.1 Å². The lowest BCUT2D eigenvalue weighted by atomic mass is 10.00. The second kappa shape index (κ2) is 6.79. The Kier molecular flexibility index (Phi) is 4.73. The number of hydrogen-bond donors (Lipinski definition) is 1. The van der Waals surface area contributed by atoms with E-state index in [1.807, 2.05) is 12.1 Å². The van der Waals surface area contributed by atoms with E-state index in [-0.39, 0.29) is 18.1 Å². The molecule has 1 aromatic heterocycles. The van der Waals surface area contributed by atoms with Crippen molar-refractivity contribution in [1.82, 2.24) is 4.98 Å². The molecular formula is C18H13BrClNO3. The van der Waals surface area contributed by atoms with Crippen molar-refractivity contribution in [3.63, 3.8) is 0 Å². The monoisotopic (exact) mass is 405 g/mol. The van der Waals surface area contributed by atoms with E-state index in [9.17, 15) is 9.59 Å². The molecule has 0 amide bonds. The number of fused-ring (bicyclic) bond motifs is 1. The van der Waals surface area contributed by atoms with E-state index in [0.717, 1.165) is 4.47 Å². The van der Waals surface area contributed by atoms with Crippen LogP contribution in [0.1, 0.15) is 33.3 Å². The number of hydrogen-bond acceptors (Lipinski definition) is 3. The maximum atomic E-state index is 13.0. The fraction of sp³-hybridized carbons (Fsp3) is 0.111. The predicted octanol–water partition coefficient (Wildman–Crippen LogP) is 4.99. The van der Waals surface area contributed by atoms with Crippen LogP contribution in [0.5, 0.6) is 0 Å². The Labute approximate surface area is 151 Å². The van der Waals surface area contributed by atoms with Crippen molar-refractivity contribution in [3.05, 3.63) is 68.8 Å². The van der Waals surface area contributed by atoms with E-state index in [4.69, 9.17) is 16.3 Å². The summed E-state index contributed by atoms with van der Waals surface area (Å²) in [7, 11) is 0. The van der Waals surface area contributed by atoms with Crippen LogP contribution in [0.2, 0.25) is 5.02 Å². The van der Waals surface area contributed by atoms with Gasteiger partial charge in [-0.05, 0) is 43.3 Å². The molecule has 0 atom stereocenters. The number of rotatable bonds is 4. The lowest BCUT2D eigenvalue weighted by Gasteiger charge is -2.05. The quantitative estimate of drug-likeness (QED) is 0.490. The van der Waals surface area contributed by atoms with Gasteiger partial charge in [-0.25, -0.2) is 4.79 Å². The van der Waals surface area contributed by atoms with Crippen molar-refractivity contribution in [2.24, 2.45) is 0 Å². The zero-order valence-corrected chi connectivity index (χ0v) is 15.1. The molecule has 24 heavy (non-hydrogen) atoms. The molecule has 0 aliphatic carbocycles. The first-order chi connectivity index (χ1) is 11.5. The van der Waals surface area contributed by atoms with Crippen molar-refractivity contribution in [2.75, 3.05) is 6.61 Å². The smallest absolute Gasteiger partial charge is 0.355 e. The molecule has 4 nitrogen and oxygen atoms in total. The van der Waals surface area contributed by atoms with Crippen LogP contribution >= 0.6 is 27.5 Å². The summed E-state index contributed by atoms with van der Waals surface area (Å²) in [5.41, 5.74) is 1.60. The number of halogens is 2. The Morgan fingerprint density at radius 1 is 1.17 bits per heavy atom. The SMILES string of the molecule is CCOC(=O)c1[nH]c2cc(Br)ccc2c1C(=O)c1ccc(Cl)cc1. The third kappa shape index (κ3) is 3.09. The minimum atomic E-state index is -0.554. The third-order valence-corrected chi connectivity index (χ3v) is 4.32. The number of H-pyrrole nitrogens is 1. The van der Waals surface area contributed by atoms with E-state index in [1.54, 1.807) is 37.3 Å². The lowest BCUT2D eigenvalue weighted by molar-refractivity contribution is 0.0518. The fourth-order valence-corrected chi connectivity index (χ4v) is 2.99. The second-order valence-corrected chi connectivity index (χ2v) is 6.47. The molecule has 0 saturated heterocycles. The summed E-state index contributed by atoms with van der Waals surface area (Å²) in [6.45, 7) is 1.95. The van der Waals surface area contributed by atoms with Gasteiger partial charge in [-0.2, -0.15) is 0 Å². The van der Waals surface area contributed by atoms with Gasteiger partial charge < -0.3 is 9.72 Å². The van der Waals surface area contributed by atoms with Gasteiger partial charge in [0.15, 0.2) is 5.78 Å². The number of esters is 1. The molecule has 0 unspecified atom stereocenters. The molecule has 0 radical (unpaired) electrons. The van der Waals surface area contributed by atoms with E-state index in [2.05, 4.69) is 20.9 Å². The number of carbonyl (C=O) groups is 2. The molecule has 1 heterocycles. The van der Waals surface area contributed by atoms with Gasteiger partial charge in [0.05, 0.1) is 12.2 Å². The summed E-state index contributed by atoms with van der Waals surface area (Å²) >= 11 is 9.27. The maximum Gasteiger partial charge on any atom is 0.355 e. The molecule has 3 aromatic rings. The van der Waals surface area contributed by atoms with Crippen LogP contribution in [-0.4, -0.2) is 23.3 Å². The highest BCUT2D eigenvalue weighted by molar-refractivity contribution is 9.10. The highest BCUT2D eigenvalue weighted by Gasteiger charge is 2.25. The molecule has 0 fully saturated rings. The van der Waals surface area contributed by atoms with Crippen molar-refractivity contribution in [3.8, 4) is 0 Å². The highest BCUT2D eigenvalue weighted by atomic mass is 79.9. The van der Waals surface area contributed by atoms with E-state index >= 15 is 0 Å². The van der Waals surface area contributed by atoms with Gasteiger partial charge in [-0.1, -0.05) is 33.6 Å². The van der Waals surface area contributed by atoms with E-state index in [1.165, 1.54) is 0 Å². The van der Waals surface area contributed by atoms with Crippen LogP contribution in [0.3, 0.4) is 0 Å². The fourth-order valence-electron chi connectivity index (χ4n) is 2.51. The molecule has 0 spiro atoms. The largest absolute Gasteiger partial charge is 0.461 e. The number of benzene rings is 2. The van der Waals surface area contributed by atoms with Crippen molar-refractivity contribution >= 4 is 50.2 Å². The first-order valence-corrected chi connectivity index (χ1v) is 8.47. The van der Waals surface area contributed by atoms with Gasteiger partial charge in [0.1, 0.15) is 5.69 Å². The van der Waals surface area contributed by atoms with Crippen molar-refractivity contribution < 1.29 is 14.3 Å². The Balaban J connectivity index is 2.20. The predicted molar refractivity (Wildman–Crippen MR) is 96.8 cm³/mol. The van der Waals surface area contributed by atoms with Gasteiger partial charge >= 0.3 is 5.97 Å². The first-order valence-electron chi connectivity index (χ1n) is 7.30. The molecule has 1 N–H and O–H groups in total. The van der Waals surface area contributed by atoms with Gasteiger partial charge in [0, 0.05) is 26.0 Å². The summed E-state index contributed by atoms with van der Waals surface area (Å²) in [5.74, 6) is -0.814. The van der Waals surface area contributed by atoms with Gasteiger partial charge in [-0.15, -0.1) is 0 Å². The third-order valence-electron chi connectivity index (χ3n) is 3.57. The molecule has 0 saturated carbocycles. The summed E-state index contributed by atoms with van der Waals surface area (Å²) in [4.78, 5) is 28.2. The number of ketones is 1. The molecule has 2 aromatic carbocycles. The molecule has 0 bridgehead atoms. The van der Waals surface area contributed by atoms with Crippen LogP contribution in [-0.2, 0) is 4.74 Å². The zero-order chi connectivity index (χ0) is 17.3. The lowest BCUT2D eigenvalue weighted by Crippen LogP contribution is -2.12. The minimum absolute atomic E-state index is 0.157. The zero-order valence-electron chi connectivity index (χ0n) is 12.7. The molecular weight excluding hydrogens is 394 g/mol. The topological polar surface area (TPSA) is 59.2 Å². The summed E-state index contributed by atoms with van der Waals surface area (Å²) < 4.78 is 5.92. The minimum Gasteiger partial charge on any atom is -0.461 e. The van der Waals surface area contributed by atoms with Crippen LogP contribution < -0.4 is 0 Å². The van der Waals surface area contributed by atoms with Crippen molar-refractivity contribution in [2.45, 2.75) is 6.92 Å². The number of aromatic nitrogens is 1. The molecule has 0 aliphatic rings. The Bertz CT molecular complexity index is 931. The number of aromatic amines is 1. The first kappa shape index (κ1) is 16.7. The van der Waals surface area contributed by atoms with Gasteiger partial charge in [0.2, 0.25) is 0 Å². The molecule has 3 rings (SSSR count). The van der Waals surface area contributed by atoms with Crippen molar-refractivity contribution in [1.29, 1.82) is 0 Å². The van der Waals surface area contributed by atoms with Crippen LogP contribution in [0, 0.1) is 0 Å². The summed E-state index contributed by atoms with van der Waals surface area (Å²) in [6, 6.07) is 12.0. The molecule has 6 heteroatoms. The second-order valence-electron chi connectivity index (χ2n) is 5.12. The summed E-state index contributed by atoms with van der Waals surface area (Å²) in [5, 5.41) is 1.21. The average Bonchev–Trinajstić information content (AvgIpc) is 2.93. The number of carbonyl (C=O) groups excluding carboxylic acids is 2. The Morgan fingerprint density at radius 2 is 1.88 bits per heavy atom. The molecule has 122 valence electrons. The standard InChI is InChI=1S/C18H13BrClNO3/c1-2-24-18(23)16-15(13-8-5-11(19)9-14(13)21-16)17(22)10-3-6-12(20)7-4-10/h3-9,21H,2H2,1H3. The number of ether oxygens (including phenoxy) is 1. The van der Waals surface area contributed by atoms with Gasteiger partial charge in [0.25, 0.3) is 0 Å². The average molecular weight is 407 g/mol. The van der Waals surface area contributed by atoms with E-state index < -0.39 is 5.97 Å². The highest BCUT2D eigenvalue weighted by Crippen LogP contribution is 2.28. The number of nitrogens with one attached hydrogen (secondary N) is 1. The maximum absolute atomic E-state index is 13.0. The van der Waals surface area contributed by atoms with Crippen LogP contribution in [0.4, 0.5) is 0 Å².